The number of rotatable bonds is 3. The molecule has 1 aliphatic heterocycles. The number of pyridine rings is 1. The monoisotopic (exact) mass is 368 g/mol. The summed E-state index contributed by atoms with van der Waals surface area (Å²) >= 11 is 1.30. The van der Waals surface area contributed by atoms with Crippen LogP contribution >= 0.6 is 11.3 Å². The van der Waals surface area contributed by atoms with Crippen LogP contribution in [0, 0.1) is 13.8 Å². The van der Waals surface area contributed by atoms with E-state index in [1.807, 2.05) is 26.0 Å². The van der Waals surface area contributed by atoms with Crippen molar-refractivity contribution in [2.24, 2.45) is 0 Å². The van der Waals surface area contributed by atoms with Crippen LogP contribution in [-0.2, 0) is 0 Å². The number of nitrogens with one attached hydrogen (secondary N) is 1. The lowest BCUT2D eigenvalue weighted by atomic mass is 10.1. The molecule has 3 N–H and O–H groups in total. The summed E-state index contributed by atoms with van der Waals surface area (Å²) in [7, 11) is 0. The topological polar surface area (TPSA) is 97.0 Å². The van der Waals surface area contributed by atoms with Gasteiger partial charge in [-0.2, -0.15) is 5.10 Å². The van der Waals surface area contributed by atoms with Crippen LogP contribution in [-0.4, -0.2) is 40.2 Å². The Kier molecular flexibility index (Phi) is 4.20. The highest BCUT2D eigenvalue weighted by molar-refractivity contribution is 7.21. The number of fused-ring (bicyclic) bond motifs is 1. The molecule has 3 aromatic heterocycles. The third kappa shape index (κ3) is 2.86. The van der Waals surface area contributed by atoms with Gasteiger partial charge in [0.2, 0.25) is 0 Å². The van der Waals surface area contributed by atoms with Crippen molar-refractivity contribution >= 4 is 38.8 Å². The second-order valence-corrected chi connectivity index (χ2v) is 7.54. The molecule has 4 heterocycles. The molecule has 1 amide bonds. The summed E-state index contributed by atoms with van der Waals surface area (Å²) in [5, 5.41) is 12.3. The van der Waals surface area contributed by atoms with Crippen LogP contribution in [0.3, 0.4) is 0 Å². The summed E-state index contributed by atoms with van der Waals surface area (Å²) in [6.07, 6.45) is 4.46. The molecule has 0 bridgehead atoms. The first kappa shape index (κ1) is 16.7. The van der Waals surface area contributed by atoms with E-state index in [9.17, 15) is 4.79 Å². The van der Waals surface area contributed by atoms with Crippen molar-refractivity contribution in [2.45, 2.75) is 26.3 Å². The number of aromatic nitrogens is 3. The molecule has 1 atom stereocenters. The zero-order chi connectivity index (χ0) is 18.3. The third-order valence-electron chi connectivity index (χ3n) is 4.89. The molecule has 26 heavy (non-hydrogen) atoms. The van der Waals surface area contributed by atoms with Gasteiger partial charge in [-0.05, 0) is 38.0 Å². The van der Waals surface area contributed by atoms with Gasteiger partial charge < -0.3 is 16.0 Å². The number of anilines is 2. The fourth-order valence-electron chi connectivity index (χ4n) is 3.33. The number of thiophene rings is 1. The molecule has 3 aromatic rings. The van der Waals surface area contributed by atoms with E-state index < -0.39 is 0 Å². The van der Waals surface area contributed by atoms with Crippen LogP contribution in [0.1, 0.15) is 27.3 Å². The van der Waals surface area contributed by atoms with E-state index in [0.717, 1.165) is 41.8 Å². The minimum Gasteiger partial charge on any atom is -0.397 e. The Bertz CT molecular complexity index is 971. The quantitative estimate of drug-likeness (QED) is 0.736. The minimum atomic E-state index is -0.135. The molecule has 134 valence electrons. The Morgan fingerprint density at radius 2 is 2.08 bits per heavy atom. The van der Waals surface area contributed by atoms with E-state index in [-0.39, 0.29) is 11.9 Å². The second kappa shape index (κ2) is 6.53. The van der Waals surface area contributed by atoms with E-state index in [1.165, 1.54) is 11.3 Å². The highest BCUT2D eigenvalue weighted by atomic mass is 32.1. The molecule has 1 aliphatic rings. The van der Waals surface area contributed by atoms with E-state index >= 15 is 0 Å². The number of hydrogen-bond acceptors (Lipinski definition) is 7. The number of nitrogens with zero attached hydrogens (tertiary/aromatic N) is 4. The molecule has 0 aliphatic carbocycles. The van der Waals surface area contributed by atoms with Crippen LogP contribution in [0.25, 0.3) is 10.2 Å². The summed E-state index contributed by atoms with van der Waals surface area (Å²) in [6.45, 7) is 5.53. The zero-order valence-corrected chi connectivity index (χ0v) is 15.5. The van der Waals surface area contributed by atoms with Gasteiger partial charge >= 0.3 is 0 Å². The van der Waals surface area contributed by atoms with Gasteiger partial charge in [-0.25, -0.2) is 0 Å². The summed E-state index contributed by atoms with van der Waals surface area (Å²) in [5.74, 6) is -0.135. The standard InChI is InChI=1S/C18H20N6OS/c1-10-11(2)22-23-18-14(10)15(19)16(26-18)17(25)21-12-5-8-24(9-12)13-3-6-20-7-4-13/h3-4,6-7,12H,5,8-9,19H2,1-2H3,(H,21,25). The highest BCUT2D eigenvalue weighted by Gasteiger charge is 2.27. The molecule has 0 saturated carbocycles. The molecule has 1 fully saturated rings. The van der Waals surface area contributed by atoms with Crippen molar-refractivity contribution in [1.29, 1.82) is 0 Å². The highest BCUT2D eigenvalue weighted by Crippen LogP contribution is 2.35. The van der Waals surface area contributed by atoms with E-state index in [1.54, 1.807) is 12.4 Å². The average molecular weight is 368 g/mol. The van der Waals surface area contributed by atoms with Gasteiger partial charge in [-0.3, -0.25) is 9.78 Å². The Morgan fingerprint density at radius 3 is 2.85 bits per heavy atom. The average Bonchev–Trinajstić information content (AvgIpc) is 3.24. The van der Waals surface area contributed by atoms with Gasteiger partial charge in [-0.1, -0.05) is 0 Å². The first-order valence-electron chi connectivity index (χ1n) is 8.52. The lowest BCUT2D eigenvalue weighted by molar-refractivity contribution is 0.0945. The van der Waals surface area contributed by atoms with E-state index in [2.05, 4.69) is 25.4 Å². The molecule has 8 heteroatoms. The van der Waals surface area contributed by atoms with Gasteiger partial charge in [0.1, 0.15) is 9.71 Å². The van der Waals surface area contributed by atoms with Gasteiger partial charge in [-0.15, -0.1) is 16.4 Å². The third-order valence-corrected chi connectivity index (χ3v) is 5.98. The Balaban J connectivity index is 1.52. The fourth-order valence-corrected chi connectivity index (χ4v) is 4.33. The van der Waals surface area contributed by atoms with Crippen LogP contribution in [0.4, 0.5) is 11.4 Å². The molecular weight excluding hydrogens is 348 g/mol. The van der Waals surface area contributed by atoms with Crippen molar-refractivity contribution in [1.82, 2.24) is 20.5 Å². The van der Waals surface area contributed by atoms with Gasteiger partial charge in [0.25, 0.3) is 5.91 Å². The number of nitrogens with two attached hydrogens (primary N) is 1. The summed E-state index contributed by atoms with van der Waals surface area (Å²) in [4.78, 5) is 20.3. The largest absolute Gasteiger partial charge is 0.397 e. The van der Waals surface area contributed by atoms with Crippen LogP contribution in [0.15, 0.2) is 24.5 Å². The smallest absolute Gasteiger partial charge is 0.263 e. The summed E-state index contributed by atoms with van der Waals surface area (Å²) < 4.78 is 0. The Labute approximate surface area is 155 Å². The normalized spacial score (nSPS) is 17.0. The SMILES string of the molecule is Cc1nnc2sc(C(=O)NC3CCN(c4ccncc4)C3)c(N)c2c1C. The maximum atomic E-state index is 12.8. The van der Waals surface area contributed by atoms with Gasteiger partial charge in [0.15, 0.2) is 0 Å². The first-order valence-corrected chi connectivity index (χ1v) is 9.34. The number of nitrogen functional groups attached to an aromatic ring is 1. The molecule has 1 saturated heterocycles. The van der Waals surface area contributed by atoms with Crippen LogP contribution in [0.5, 0.6) is 0 Å². The number of aryl methyl sites for hydroxylation is 2. The van der Waals surface area contributed by atoms with Gasteiger partial charge in [0, 0.05) is 42.6 Å². The Hall–Kier alpha value is -2.74. The van der Waals surface area contributed by atoms with Crippen molar-refractivity contribution in [2.75, 3.05) is 23.7 Å². The van der Waals surface area contributed by atoms with E-state index in [0.29, 0.717) is 15.4 Å². The molecule has 1 unspecified atom stereocenters. The van der Waals surface area contributed by atoms with Crippen molar-refractivity contribution in [3.63, 3.8) is 0 Å². The van der Waals surface area contributed by atoms with Crippen molar-refractivity contribution < 1.29 is 4.79 Å². The number of amides is 1. The summed E-state index contributed by atoms with van der Waals surface area (Å²) in [5.41, 5.74) is 9.70. The van der Waals surface area contributed by atoms with Crippen LogP contribution in [0.2, 0.25) is 0 Å². The maximum Gasteiger partial charge on any atom is 0.263 e. The second-order valence-electron chi connectivity index (χ2n) is 6.55. The Morgan fingerprint density at radius 1 is 1.31 bits per heavy atom. The first-order chi connectivity index (χ1) is 12.5. The van der Waals surface area contributed by atoms with Crippen molar-refractivity contribution in [3.05, 3.63) is 40.7 Å². The maximum absolute atomic E-state index is 12.8. The molecular formula is C18H20N6OS. The van der Waals surface area contributed by atoms with E-state index in [4.69, 9.17) is 5.73 Å². The number of hydrogen-bond donors (Lipinski definition) is 2. The zero-order valence-electron chi connectivity index (χ0n) is 14.7. The minimum absolute atomic E-state index is 0.0918. The predicted octanol–water partition coefficient (Wildman–Crippen LogP) is 2.29. The molecule has 0 spiro atoms. The lowest BCUT2D eigenvalue weighted by Gasteiger charge is -2.18. The number of carbonyl (C=O) groups is 1. The molecule has 4 rings (SSSR count). The molecule has 7 nitrogen and oxygen atoms in total. The van der Waals surface area contributed by atoms with Crippen molar-refractivity contribution in [3.8, 4) is 0 Å². The summed E-state index contributed by atoms with van der Waals surface area (Å²) in [6, 6.07) is 4.06. The molecule has 0 aromatic carbocycles. The predicted molar refractivity (Wildman–Crippen MR) is 104 cm³/mol. The molecule has 0 radical (unpaired) electrons. The fraction of sp³-hybridized carbons (Fsp3) is 0.333. The van der Waals surface area contributed by atoms with Gasteiger partial charge in [0.05, 0.1) is 11.4 Å². The van der Waals surface area contributed by atoms with Crippen LogP contribution < -0.4 is 16.0 Å². The lowest BCUT2D eigenvalue weighted by Crippen LogP contribution is -2.37. The number of carbonyl (C=O) groups excluding carboxylic acids is 1.